The average Bonchev–Trinajstić information content (AvgIpc) is 3.98. The molecule has 2 unspecified atom stereocenters. The first kappa shape index (κ1) is 45.5. The quantitative estimate of drug-likeness (QED) is 0.0697. The Morgan fingerprint density at radius 3 is 2.17 bits per heavy atom. The van der Waals surface area contributed by atoms with Crippen LogP contribution in [-0.2, 0) is 32.6 Å². The number of ether oxygens (including phenoxy) is 3. The number of nitrogens with zero attached hydrogens (tertiary/aromatic N) is 4. The Bertz CT molecular complexity index is 2380. The number of amides is 2. The zero-order valence-corrected chi connectivity index (χ0v) is 36.1. The summed E-state index contributed by atoms with van der Waals surface area (Å²) < 4.78 is 110. The molecule has 1 aliphatic heterocycles. The van der Waals surface area contributed by atoms with E-state index in [1.54, 1.807) is 35.2 Å². The summed E-state index contributed by atoms with van der Waals surface area (Å²) in [6.07, 6.45) is -10.9. The number of likely N-dealkylation sites (tertiary alicyclic amines) is 1. The largest absolute Gasteiger partial charge is 0.448 e. The molecule has 1 aliphatic carbocycles. The van der Waals surface area contributed by atoms with Crippen LogP contribution in [0.15, 0.2) is 93.9 Å². The number of nitrogens with one attached hydrogen (secondary N) is 1. The number of pyridine rings is 1. The Morgan fingerprint density at radius 2 is 1.54 bits per heavy atom. The Balaban J connectivity index is 1.06. The second-order valence-corrected chi connectivity index (χ2v) is 17.3. The smallest absolute Gasteiger partial charge is 0.426 e. The first-order valence-electron chi connectivity index (χ1n) is 20.3. The molecule has 0 bridgehead atoms. The van der Waals surface area contributed by atoms with Crippen LogP contribution < -0.4 is 5.32 Å². The van der Waals surface area contributed by atoms with Crippen LogP contribution in [0.2, 0.25) is 0 Å². The van der Waals surface area contributed by atoms with E-state index in [2.05, 4.69) is 48.6 Å². The van der Waals surface area contributed by atoms with Crippen LogP contribution in [0.5, 0.6) is 0 Å². The van der Waals surface area contributed by atoms with Gasteiger partial charge in [-0.2, -0.15) is 26.3 Å². The number of hydrogen-bond donors (Lipinski definition) is 1. The lowest BCUT2D eigenvalue weighted by molar-refractivity contribution is -0.300. The van der Waals surface area contributed by atoms with Crippen LogP contribution in [-0.4, -0.2) is 63.7 Å². The first-order valence-corrected chi connectivity index (χ1v) is 21.1. The second-order valence-electron chi connectivity index (χ2n) is 16.5. The molecule has 63 heavy (non-hydrogen) atoms. The van der Waals surface area contributed by atoms with E-state index in [0.717, 1.165) is 22.3 Å². The topological polar surface area (TPSA) is 129 Å². The van der Waals surface area contributed by atoms with Gasteiger partial charge in [-0.25, -0.2) is 14.6 Å². The summed E-state index contributed by atoms with van der Waals surface area (Å²) in [6, 6.07) is 24.7. The standard InChI is InChI=1S/C45H44BrF6N5O6/c1-42(2,3)63-40(58)53-35-23-34(44(47,48)49)37(46)54-36(35)38-55-56-39(62-38)43(45(50,51)52,61-25-28-14-5-4-6-15-28)21-12-11-13-27-20-22-57(24-27)41(59)60-26-33-31-18-9-7-16-29(31)30-17-8-10-19-32(30)33/h4-10,14-19,23,27,33H,11-13,20-22,24-26H2,1-3H3,(H,53,58). The summed E-state index contributed by atoms with van der Waals surface area (Å²) in [7, 11) is 0. The van der Waals surface area contributed by atoms with Gasteiger partial charge in [0.25, 0.3) is 11.8 Å². The van der Waals surface area contributed by atoms with Crippen LogP contribution in [0, 0.1) is 5.92 Å². The number of halogens is 7. The molecule has 7 rings (SSSR count). The van der Waals surface area contributed by atoms with E-state index < -0.39 is 82.1 Å². The summed E-state index contributed by atoms with van der Waals surface area (Å²) in [5.74, 6) is -1.83. The minimum Gasteiger partial charge on any atom is -0.448 e. The predicted octanol–water partition coefficient (Wildman–Crippen LogP) is 12.1. The van der Waals surface area contributed by atoms with Crippen molar-refractivity contribution in [1.29, 1.82) is 0 Å². The first-order chi connectivity index (χ1) is 29.8. The molecule has 1 N–H and O–H groups in total. The third-order valence-corrected chi connectivity index (χ3v) is 11.6. The van der Waals surface area contributed by atoms with Crippen molar-refractivity contribution in [1.82, 2.24) is 20.1 Å². The molecule has 2 aliphatic rings. The summed E-state index contributed by atoms with van der Waals surface area (Å²) >= 11 is 2.77. The lowest BCUT2D eigenvalue weighted by atomic mass is 9.92. The maximum Gasteiger partial charge on any atom is 0.426 e. The molecule has 3 aromatic carbocycles. The highest BCUT2D eigenvalue weighted by Crippen LogP contribution is 2.48. The van der Waals surface area contributed by atoms with Crippen molar-refractivity contribution < 1.29 is 54.6 Å². The second kappa shape index (κ2) is 18.3. The van der Waals surface area contributed by atoms with Gasteiger partial charge >= 0.3 is 24.5 Å². The third kappa shape index (κ3) is 10.3. The van der Waals surface area contributed by atoms with Gasteiger partial charge in [0, 0.05) is 19.0 Å². The molecule has 2 aromatic heterocycles. The molecule has 1 saturated heterocycles. The molecule has 11 nitrogen and oxygen atoms in total. The van der Waals surface area contributed by atoms with E-state index >= 15 is 13.2 Å². The molecule has 0 saturated carbocycles. The minimum absolute atomic E-state index is 0.00565. The Hall–Kier alpha value is -5.49. The fraction of sp³-hybridized carbons (Fsp3) is 0.400. The van der Waals surface area contributed by atoms with Crippen LogP contribution in [0.3, 0.4) is 0 Å². The number of carbonyl (C=O) groups excluding carboxylic acids is 2. The van der Waals surface area contributed by atoms with E-state index in [1.807, 2.05) is 36.4 Å². The van der Waals surface area contributed by atoms with Gasteiger partial charge in [-0.05, 0) is 102 Å². The third-order valence-electron chi connectivity index (χ3n) is 10.9. The van der Waals surface area contributed by atoms with Crippen molar-refractivity contribution in [2.45, 2.75) is 89.0 Å². The number of benzene rings is 3. The lowest BCUT2D eigenvalue weighted by Crippen LogP contribution is -2.45. The highest BCUT2D eigenvalue weighted by atomic mass is 79.9. The molecule has 18 heteroatoms. The van der Waals surface area contributed by atoms with Crippen LogP contribution >= 0.6 is 15.9 Å². The number of aromatic nitrogens is 3. The predicted molar refractivity (Wildman–Crippen MR) is 222 cm³/mol. The van der Waals surface area contributed by atoms with Crippen molar-refractivity contribution in [3.63, 3.8) is 0 Å². The molecule has 5 aromatic rings. The van der Waals surface area contributed by atoms with Crippen LogP contribution in [0.1, 0.15) is 86.9 Å². The van der Waals surface area contributed by atoms with Gasteiger partial charge in [-0.3, -0.25) is 5.32 Å². The maximum atomic E-state index is 15.5. The van der Waals surface area contributed by atoms with Crippen LogP contribution in [0.4, 0.5) is 41.6 Å². The van der Waals surface area contributed by atoms with Gasteiger partial charge in [0.05, 0.1) is 17.9 Å². The van der Waals surface area contributed by atoms with Gasteiger partial charge in [-0.15, -0.1) is 10.2 Å². The van der Waals surface area contributed by atoms with Crippen molar-refractivity contribution in [3.8, 4) is 22.7 Å². The minimum atomic E-state index is -5.13. The summed E-state index contributed by atoms with van der Waals surface area (Å²) in [5.41, 5.74) is -1.86. The van der Waals surface area contributed by atoms with E-state index in [0.29, 0.717) is 44.0 Å². The van der Waals surface area contributed by atoms with Gasteiger partial charge in [0.15, 0.2) is 5.69 Å². The molecule has 3 heterocycles. The summed E-state index contributed by atoms with van der Waals surface area (Å²) in [4.78, 5) is 31.5. The number of alkyl halides is 6. The van der Waals surface area contributed by atoms with Gasteiger partial charge in [0.1, 0.15) is 16.8 Å². The molecule has 0 radical (unpaired) electrons. The zero-order valence-electron chi connectivity index (χ0n) is 34.5. The zero-order chi connectivity index (χ0) is 45.2. The number of anilines is 1. The normalized spacial score (nSPS) is 16.3. The molecule has 1 fully saturated rings. The summed E-state index contributed by atoms with van der Waals surface area (Å²) in [5, 5.41) is 9.69. The Kier molecular flexibility index (Phi) is 13.2. The van der Waals surface area contributed by atoms with E-state index in [-0.39, 0.29) is 24.9 Å². The Labute approximate surface area is 367 Å². The van der Waals surface area contributed by atoms with Gasteiger partial charge in [0.2, 0.25) is 5.60 Å². The van der Waals surface area contributed by atoms with Crippen molar-refractivity contribution in [3.05, 3.63) is 118 Å². The lowest BCUT2D eigenvalue weighted by Gasteiger charge is -2.32. The molecule has 2 amide bonds. The molecular weight excluding hydrogens is 900 g/mol. The fourth-order valence-electron chi connectivity index (χ4n) is 7.94. The Morgan fingerprint density at radius 1 is 0.889 bits per heavy atom. The number of rotatable bonds is 13. The molecule has 334 valence electrons. The van der Waals surface area contributed by atoms with Crippen molar-refractivity contribution in [2.75, 3.05) is 25.0 Å². The molecular formula is C45H44BrF6N5O6. The highest BCUT2D eigenvalue weighted by Gasteiger charge is 2.61. The van der Waals surface area contributed by atoms with E-state index in [4.69, 9.17) is 18.6 Å². The molecule has 0 spiro atoms. The number of hydrogen-bond acceptors (Lipinski definition) is 9. The fourth-order valence-corrected chi connectivity index (χ4v) is 8.45. The highest BCUT2D eigenvalue weighted by molar-refractivity contribution is 9.10. The maximum absolute atomic E-state index is 15.5. The van der Waals surface area contributed by atoms with Crippen molar-refractivity contribution >= 4 is 33.8 Å². The summed E-state index contributed by atoms with van der Waals surface area (Å²) in [6.45, 7) is 5.07. The van der Waals surface area contributed by atoms with Crippen molar-refractivity contribution in [2.24, 2.45) is 5.92 Å². The molecule has 2 atom stereocenters. The number of carbonyl (C=O) groups is 2. The van der Waals surface area contributed by atoms with E-state index in [1.165, 1.54) is 20.8 Å². The van der Waals surface area contributed by atoms with Gasteiger partial charge < -0.3 is 23.5 Å². The number of unbranched alkanes of at least 4 members (excludes halogenated alkanes) is 1. The number of fused-ring (bicyclic) bond motifs is 3. The monoisotopic (exact) mass is 943 g/mol. The van der Waals surface area contributed by atoms with E-state index in [9.17, 15) is 22.8 Å². The average molecular weight is 945 g/mol. The van der Waals surface area contributed by atoms with Gasteiger partial charge in [-0.1, -0.05) is 85.3 Å². The SMILES string of the molecule is CC(C)(C)OC(=O)Nc1cc(C(F)(F)F)c(Br)nc1-c1nnc(C(CCCCC2CCN(C(=O)OCC3c4ccccc4-c4ccccc43)C2)(OCc2ccccc2)C(F)(F)F)o1. The van der Waals surface area contributed by atoms with Crippen LogP contribution in [0.25, 0.3) is 22.7 Å².